The minimum absolute atomic E-state index is 0.136. The predicted molar refractivity (Wildman–Crippen MR) is 69.0 cm³/mol. The Bertz CT molecular complexity index is 207. The summed E-state index contributed by atoms with van der Waals surface area (Å²) >= 11 is 0. The second kappa shape index (κ2) is 9.42. The van der Waals surface area contributed by atoms with E-state index in [-0.39, 0.29) is 12.0 Å². The zero-order valence-corrected chi connectivity index (χ0v) is 11.9. The Morgan fingerprint density at radius 2 is 1.94 bits per heavy atom. The zero-order chi connectivity index (χ0) is 13.3. The van der Waals surface area contributed by atoms with Crippen molar-refractivity contribution in [1.29, 1.82) is 0 Å². The molecule has 17 heavy (non-hydrogen) atoms. The van der Waals surface area contributed by atoms with Crippen molar-refractivity contribution in [2.75, 3.05) is 27.4 Å². The number of unbranched alkanes of at least 4 members (excludes halogenated alkanes) is 1. The predicted octanol–water partition coefficient (Wildman–Crippen LogP) is 2.08. The van der Waals surface area contributed by atoms with Crippen LogP contribution in [-0.2, 0) is 14.3 Å². The molecule has 0 N–H and O–H groups in total. The average molecular weight is 245 g/mol. The lowest BCUT2D eigenvalue weighted by molar-refractivity contribution is -0.148. The van der Waals surface area contributed by atoms with Crippen LogP contribution in [0.15, 0.2) is 0 Å². The van der Waals surface area contributed by atoms with E-state index in [0.29, 0.717) is 12.6 Å². The van der Waals surface area contributed by atoms with Crippen LogP contribution in [0.3, 0.4) is 0 Å². The average Bonchev–Trinajstić information content (AvgIpc) is 2.32. The molecule has 0 bridgehead atoms. The lowest BCUT2D eigenvalue weighted by Gasteiger charge is -2.32. The molecule has 0 aliphatic carbocycles. The highest BCUT2D eigenvalue weighted by Gasteiger charge is 2.27. The molecule has 0 aromatic heterocycles. The van der Waals surface area contributed by atoms with E-state index in [2.05, 4.69) is 25.7 Å². The third-order valence-corrected chi connectivity index (χ3v) is 2.92. The highest BCUT2D eigenvalue weighted by atomic mass is 16.5. The zero-order valence-electron chi connectivity index (χ0n) is 11.9. The van der Waals surface area contributed by atoms with Gasteiger partial charge in [0.15, 0.2) is 0 Å². The van der Waals surface area contributed by atoms with E-state index >= 15 is 0 Å². The smallest absolute Gasteiger partial charge is 0.323 e. The van der Waals surface area contributed by atoms with E-state index in [0.717, 1.165) is 25.8 Å². The molecule has 0 heterocycles. The molecule has 4 heteroatoms. The number of hydrogen-bond acceptors (Lipinski definition) is 4. The van der Waals surface area contributed by atoms with Gasteiger partial charge in [-0.15, -0.1) is 0 Å². The molecule has 1 unspecified atom stereocenters. The largest absolute Gasteiger partial charge is 0.468 e. The van der Waals surface area contributed by atoms with Gasteiger partial charge in [0, 0.05) is 19.7 Å². The highest BCUT2D eigenvalue weighted by Crippen LogP contribution is 2.14. The summed E-state index contributed by atoms with van der Waals surface area (Å²) in [4.78, 5) is 14.0. The molecule has 102 valence electrons. The summed E-state index contributed by atoms with van der Waals surface area (Å²) in [6.45, 7) is 7.72. The van der Waals surface area contributed by atoms with Gasteiger partial charge in [0.1, 0.15) is 6.04 Å². The van der Waals surface area contributed by atoms with Crippen molar-refractivity contribution in [3.05, 3.63) is 0 Å². The van der Waals surface area contributed by atoms with Crippen molar-refractivity contribution in [3.63, 3.8) is 0 Å². The molecule has 0 radical (unpaired) electrons. The van der Waals surface area contributed by atoms with Gasteiger partial charge in [-0.25, -0.2) is 0 Å². The first-order valence-electron chi connectivity index (χ1n) is 6.40. The number of methoxy groups -OCH3 is 2. The van der Waals surface area contributed by atoms with E-state index in [9.17, 15) is 4.79 Å². The van der Waals surface area contributed by atoms with E-state index in [1.807, 2.05) is 0 Å². The monoisotopic (exact) mass is 245 g/mol. The Morgan fingerprint density at radius 3 is 2.35 bits per heavy atom. The van der Waals surface area contributed by atoms with Crippen LogP contribution in [-0.4, -0.2) is 50.3 Å². The van der Waals surface area contributed by atoms with Gasteiger partial charge in [0.05, 0.1) is 13.7 Å². The van der Waals surface area contributed by atoms with Crippen molar-refractivity contribution in [3.8, 4) is 0 Å². The Labute approximate surface area is 105 Å². The normalized spacial score (nSPS) is 13.1. The molecule has 0 amide bonds. The number of carbonyl (C=O) groups excluding carboxylic acids is 1. The molecule has 1 atom stereocenters. The third kappa shape index (κ3) is 6.03. The molecular weight excluding hydrogens is 218 g/mol. The topological polar surface area (TPSA) is 38.8 Å². The fraction of sp³-hybridized carbons (Fsp3) is 0.923. The minimum Gasteiger partial charge on any atom is -0.468 e. The Kier molecular flexibility index (Phi) is 9.09. The van der Waals surface area contributed by atoms with E-state index in [1.165, 1.54) is 7.11 Å². The first-order valence-corrected chi connectivity index (χ1v) is 6.40. The number of nitrogens with zero attached hydrogens (tertiary/aromatic N) is 1. The summed E-state index contributed by atoms with van der Waals surface area (Å²) in [5.74, 6) is -0.136. The van der Waals surface area contributed by atoms with Gasteiger partial charge in [-0.05, 0) is 20.3 Å². The molecule has 0 aliphatic rings. The van der Waals surface area contributed by atoms with Crippen molar-refractivity contribution >= 4 is 5.97 Å². The number of ether oxygens (including phenoxy) is 2. The van der Waals surface area contributed by atoms with Gasteiger partial charge in [-0.2, -0.15) is 0 Å². The lowest BCUT2D eigenvalue weighted by atomic mass is 10.1. The highest BCUT2D eigenvalue weighted by molar-refractivity contribution is 5.75. The van der Waals surface area contributed by atoms with Crippen LogP contribution < -0.4 is 0 Å². The molecule has 0 spiro atoms. The van der Waals surface area contributed by atoms with Gasteiger partial charge in [-0.1, -0.05) is 19.8 Å². The van der Waals surface area contributed by atoms with E-state index < -0.39 is 0 Å². The van der Waals surface area contributed by atoms with Crippen LogP contribution in [0.25, 0.3) is 0 Å². The molecule has 0 saturated carbocycles. The van der Waals surface area contributed by atoms with Crippen molar-refractivity contribution in [1.82, 2.24) is 4.90 Å². The van der Waals surface area contributed by atoms with Gasteiger partial charge < -0.3 is 9.47 Å². The maximum atomic E-state index is 11.8. The molecule has 0 fully saturated rings. The number of hydrogen-bond donors (Lipinski definition) is 0. The Hall–Kier alpha value is -0.610. The molecule has 0 saturated heterocycles. The lowest BCUT2D eigenvalue weighted by Crippen LogP contribution is -2.47. The number of rotatable bonds is 9. The molecule has 0 rings (SSSR count). The van der Waals surface area contributed by atoms with Crippen LogP contribution in [0.4, 0.5) is 0 Å². The van der Waals surface area contributed by atoms with Crippen molar-refractivity contribution in [2.24, 2.45) is 0 Å². The first kappa shape index (κ1) is 16.4. The van der Waals surface area contributed by atoms with Crippen LogP contribution in [0.5, 0.6) is 0 Å². The van der Waals surface area contributed by atoms with Crippen LogP contribution in [0.1, 0.15) is 40.0 Å². The van der Waals surface area contributed by atoms with Crippen molar-refractivity contribution < 1.29 is 14.3 Å². The summed E-state index contributed by atoms with van der Waals surface area (Å²) in [5, 5.41) is 0. The van der Waals surface area contributed by atoms with Crippen LogP contribution in [0, 0.1) is 0 Å². The molecule has 0 aliphatic heterocycles. The fourth-order valence-corrected chi connectivity index (χ4v) is 1.92. The van der Waals surface area contributed by atoms with Gasteiger partial charge in [0.2, 0.25) is 0 Å². The standard InChI is InChI=1S/C13H27NO3/c1-6-7-8-12(13(15)17-5)14(11(2)3)9-10-16-4/h11-12H,6-10H2,1-5H3. The van der Waals surface area contributed by atoms with E-state index in [1.54, 1.807) is 7.11 Å². The number of esters is 1. The van der Waals surface area contributed by atoms with Crippen LogP contribution in [0.2, 0.25) is 0 Å². The molecule has 0 aromatic rings. The Morgan fingerprint density at radius 1 is 1.29 bits per heavy atom. The minimum atomic E-state index is -0.143. The van der Waals surface area contributed by atoms with Gasteiger partial charge in [-0.3, -0.25) is 9.69 Å². The summed E-state index contributed by atoms with van der Waals surface area (Å²) < 4.78 is 10.00. The van der Waals surface area contributed by atoms with E-state index in [4.69, 9.17) is 9.47 Å². The van der Waals surface area contributed by atoms with Crippen LogP contribution >= 0.6 is 0 Å². The maximum absolute atomic E-state index is 11.8. The third-order valence-electron chi connectivity index (χ3n) is 2.92. The number of carbonyl (C=O) groups is 1. The molecule has 0 aromatic carbocycles. The summed E-state index contributed by atoms with van der Waals surface area (Å²) in [7, 11) is 3.13. The molecular formula is C13H27NO3. The van der Waals surface area contributed by atoms with Gasteiger partial charge in [0.25, 0.3) is 0 Å². The first-order chi connectivity index (χ1) is 8.08. The second-order valence-corrected chi connectivity index (χ2v) is 4.51. The quantitative estimate of drug-likeness (QED) is 0.583. The molecule has 4 nitrogen and oxygen atoms in total. The van der Waals surface area contributed by atoms with Crippen molar-refractivity contribution in [2.45, 2.75) is 52.1 Å². The SMILES string of the molecule is CCCCC(C(=O)OC)N(CCOC)C(C)C. The Balaban J connectivity index is 4.60. The summed E-state index contributed by atoms with van der Waals surface area (Å²) in [6.07, 6.45) is 2.98. The fourth-order valence-electron chi connectivity index (χ4n) is 1.92. The summed E-state index contributed by atoms with van der Waals surface area (Å²) in [5.41, 5.74) is 0. The maximum Gasteiger partial charge on any atom is 0.323 e. The second-order valence-electron chi connectivity index (χ2n) is 4.51. The summed E-state index contributed by atoms with van der Waals surface area (Å²) in [6, 6.07) is 0.168. The van der Waals surface area contributed by atoms with Gasteiger partial charge >= 0.3 is 5.97 Å².